The quantitative estimate of drug-likeness (QED) is 0.181. The standard InChI is InChI=1S/C21H25.C8H11.C6H5.CH3.CH2.Zr/c1-20(2,3)16-7-9-18-14(12-16)11-15-13-17(21(4,5)6)8-10-19(15)18;1-6-4-7(2)8(3)5-6;1-2-4-6-5-3-1;;;/h7-10,12H,11H2,1-6H3;4,6H,1-3H3;1-5H;1H3;1H2;/q4*-1;;. The van der Waals surface area contributed by atoms with E-state index < -0.39 is 0 Å². The Morgan fingerprint density at radius 3 is 1.84 bits per heavy atom. The second-order valence-corrected chi connectivity index (χ2v) is 11.8. The van der Waals surface area contributed by atoms with Gasteiger partial charge >= 0.3 is 28.4 Å². The van der Waals surface area contributed by atoms with Gasteiger partial charge in [-0.25, -0.2) is 11.1 Å². The molecule has 202 valence electrons. The van der Waals surface area contributed by atoms with E-state index >= 15 is 0 Å². The van der Waals surface area contributed by atoms with Crippen molar-refractivity contribution in [1.82, 2.24) is 0 Å². The van der Waals surface area contributed by atoms with Gasteiger partial charge in [0.25, 0.3) is 0 Å². The number of rotatable bonds is 0. The fraction of sp³-hybridized carbons (Fsp3) is 0.351. The van der Waals surface area contributed by atoms with Gasteiger partial charge in [-0.1, -0.05) is 85.1 Å². The maximum atomic E-state index is 3.67. The molecule has 0 aromatic heterocycles. The number of hydrogen-bond acceptors (Lipinski definition) is 0. The Balaban J connectivity index is 0.000000349. The normalized spacial score (nSPS) is 14.9. The average molecular weight is 582 g/mol. The smallest absolute Gasteiger partial charge is 0.171 e. The van der Waals surface area contributed by atoms with Crippen molar-refractivity contribution in [3.05, 3.63) is 126 Å². The van der Waals surface area contributed by atoms with Gasteiger partial charge < -0.3 is 7.43 Å². The zero-order valence-corrected chi connectivity index (χ0v) is 27.8. The van der Waals surface area contributed by atoms with Crippen LogP contribution in [-0.4, -0.2) is 4.21 Å². The zero-order chi connectivity index (χ0) is 27.8. The van der Waals surface area contributed by atoms with Gasteiger partial charge in [-0.2, -0.15) is 66.2 Å². The van der Waals surface area contributed by atoms with Crippen LogP contribution in [0, 0.1) is 31.6 Å². The molecule has 2 aliphatic carbocycles. The first-order valence-electron chi connectivity index (χ1n) is 13.1. The second kappa shape index (κ2) is 14.9. The predicted octanol–water partition coefficient (Wildman–Crippen LogP) is 9.89. The van der Waals surface area contributed by atoms with Crippen LogP contribution in [0.4, 0.5) is 0 Å². The van der Waals surface area contributed by atoms with Gasteiger partial charge in [0.15, 0.2) is 0 Å². The van der Waals surface area contributed by atoms with Crippen molar-refractivity contribution in [3.63, 3.8) is 0 Å². The van der Waals surface area contributed by atoms with E-state index in [-0.39, 0.29) is 18.3 Å². The molecule has 1 atom stereocenters. The number of benzene rings is 3. The summed E-state index contributed by atoms with van der Waals surface area (Å²) in [7, 11) is 0. The van der Waals surface area contributed by atoms with E-state index in [9.17, 15) is 0 Å². The Morgan fingerprint density at radius 2 is 1.45 bits per heavy atom. The van der Waals surface area contributed by atoms with E-state index in [1.165, 1.54) is 68.8 Å². The van der Waals surface area contributed by atoms with Crippen molar-refractivity contribution in [3.8, 4) is 11.1 Å². The van der Waals surface area contributed by atoms with Crippen LogP contribution in [0.3, 0.4) is 0 Å². The van der Waals surface area contributed by atoms with E-state index in [0.717, 1.165) is 6.42 Å². The van der Waals surface area contributed by atoms with Gasteiger partial charge in [-0.3, -0.25) is 6.08 Å². The van der Waals surface area contributed by atoms with E-state index in [4.69, 9.17) is 0 Å². The van der Waals surface area contributed by atoms with Crippen LogP contribution in [0.15, 0.2) is 77.9 Å². The molecule has 5 rings (SSSR count). The molecule has 0 bridgehead atoms. The van der Waals surface area contributed by atoms with E-state index in [1.54, 1.807) is 0 Å². The molecule has 0 nitrogen and oxygen atoms in total. The number of hydrogen-bond donors (Lipinski definition) is 0. The minimum Gasteiger partial charge on any atom is -0.358 e. The van der Waals surface area contributed by atoms with Crippen molar-refractivity contribution in [1.29, 1.82) is 0 Å². The maximum Gasteiger partial charge on any atom is -0.171 e. The van der Waals surface area contributed by atoms with Gasteiger partial charge in [-0.15, -0.1) is 18.1 Å². The third-order valence-corrected chi connectivity index (χ3v) is 6.61. The van der Waals surface area contributed by atoms with Crippen LogP contribution >= 0.6 is 0 Å². The topological polar surface area (TPSA) is 0 Å². The van der Waals surface area contributed by atoms with Crippen LogP contribution in [0.2, 0.25) is 0 Å². The van der Waals surface area contributed by atoms with E-state index in [1.807, 2.05) is 30.3 Å². The van der Waals surface area contributed by atoms with Crippen molar-refractivity contribution in [2.75, 3.05) is 0 Å². The molecule has 1 heteroatoms. The second-order valence-electron chi connectivity index (χ2n) is 11.8. The first-order chi connectivity index (χ1) is 17.4. The first kappa shape index (κ1) is 33.9. The summed E-state index contributed by atoms with van der Waals surface area (Å²) in [6.07, 6.45) is 6.55. The van der Waals surface area contributed by atoms with Crippen molar-refractivity contribution in [2.24, 2.45) is 5.92 Å². The molecular weight excluding hydrogens is 536 g/mol. The molecule has 2 aliphatic rings. The molecule has 0 fully saturated rings. The van der Waals surface area contributed by atoms with Gasteiger partial charge in [0.2, 0.25) is 0 Å². The van der Waals surface area contributed by atoms with Gasteiger partial charge in [0.05, 0.1) is 0 Å². The summed E-state index contributed by atoms with van der Waals surface area (Å²) < 4.78 is 3.34. The minimum absolute atomic E-state index is 0. The summed E-state index contributed by atoms with van der Waals surface area (Å²) in [5.41, 5.74) is 11.4. The molecule has 0 amide bonds. The number of allylic oxidation sites excluding steroid dienone is 4. The van der Waals surface area contributed by atoms with Crippen LogP contribution in [0.1, 0.15) is 84.6 Å². The fourth-order valence-electron chi connectivity index (χ4n) is 4.37. The van der Waals surface area contributed by atoms with Crippen molar-refractivity contribution in [2.45, 2.75) is 79.6 Å². The molecule has 0 heterocycles. The molecule has 0 aliphatic heterocycles. The molecule has 0 saturated heterocycles. The molecule has 0 saturated carbocycles. The third-order valence-electron chi connectivity index (χ3n) is 6.61. The SMILES string of the molecule is CC(C)(C)c1[c-]c2c(cc1)-c1ccc(C(C)(C)C)cc1C2.CC1=[C-]C(C)C=C1C.[CH2]=[Zr].[CH3-].[c-]1ccccc1. The summed E-state index contributed by atoms with van der Waals surface area (Å²) in [6.45, 7) is 20.0. The molecule has 0 N–H and O–H groups in total. The molecular formula is C37H46Zr-4. The molecule has 0 radical (unpaired) electrons. The summed E-state index contributed by atoms with van der Waals surface area (Å²) >= 11 is 1.30. The van der Waals surface area contributed by atoms with Crippen LogP contribution in [0.25, 0.3) is 11.1 Å². The Bertz CT molecular complexity index is 1110. The number of fused-ring (bicyclic) bond motifs is 3. The van der Waals surface area contributed by atoms with E-state index in [2.05, 4.69) is 121 Å². The fourth-order valence-corrected chi connectivity index (χ4v) is 4.37. The van der Waals surface area contributed by atoms with Crippen LogP contribution in [0.5, 0.6) is 0 Å². The third kappa shape index (κ3) is 9.57. The largest absolute Gasteiger partial charge is 0.358 e. The van der Waals surface area contributed by atoms with Crippen LogP contribution < -0.4 is 0 Å². The Labute approximate surface area is 249 Å². The summed E-state index contributed by atoms with van der Waals surface area (Å²) in [5, 5.41) is 0. The Kier molecular flexibility index (Phi) is 13.3. The molecule has 3 aromatic carbocycles. The summed E-state index contributed by atoms with van der Waals surface area (Å²) in [5.74, 6) is 0.551. The predicted molar refractivity (Wildman–Crippen MR) is 165 cm³/mol. The molecule has 3 aromatic rings. The monoisotopic (exact) mass is 580 g/mol. The maximum absolute atomic E-state index is 3.67. The van der Waals surface area contributed by atoms with Gasteiger partial charge in [0.1, 0.15) is 0 Å². The van der Waals surface area contributed by atoms with Crippen LogP contribution in [-0.2, 0) is 41.5 Å². The summed E-state index contributed by atoms with van der Waals surface area (Å²) in [4.78, 5) is 0. The minimum atomic E-state index is 0. The first-order valence-corrected chi connectivity index (χ1v) is 14.8. The Morgan fingerprint density at radius 1 is 0.842 bits per heavy atom. The van der Waals surface area contributed by atoms with Crippen molar-refractivity contribution < 1.29 is 24.2 Å². The average Bonchev–Trinajstić information content (AvgIpc) is 3.37. The zero-order valence-electron chi connectivity index (χ0n) is 25.3. The van der Waals surface area contributed by atoms with Gasteiger partial charge in [0, 0.05) is 0 Å². The van der Waals surface area contributed by atoms with Gasteiger partial charge in [-0.05, 0) is 28.4 Å². The Hall–Kier alpha value is -2.11. The molecule has 38 heavy (non-hydrogen) atoms. The van der Waals surface area contributed by atoms with E-state index in [0.29, 0.717) is 5.92 Å². The molecule has 0 spiro atoms. The molecule has 1 unspecified atom stereocenters. The summed E-state index contributed by atoms with van der Waals surface area (Å²) in [6, 6.07) is 27.7. The van der Waals surface area contributed by atoms with Crippen molar-refractivity contribution >= 4 is 4.21 Å².